The molecule has 0 saturated heterocycles. The van der Waals surface area contributed by atoms with Crippen LogP contribution in [0.2, 0.25) is 5.02 Å². The Morgan fingerprint density at radius 2 is 1.89 bits per heavy atom. The van der Waals surface area contributed by atoms with Crippen molar-refractivity contribution in [3.05, 3.63) is 70.7 Å². The zero-order valence-corrected chi connectivity index (χ0v) is 15.8. The quantitative estimate of drug-likeness (QED) is 0.796. The maximum Gasteiger partial charge on any atom is 0.243 e. The Hall–Kier alpha value is -2.66. The second-order valence-electron chi connectivity index (χ2n) is 6.41. The summed E-state index contributed by atoms with van der Waals surface area (Å²) < 4.78 is 0. The monoisotopic (exact) mass is 383 g/mol. The van der Waals surface area contributed by atoms with E-state index in [1.807, 2.05) is 54.6 Å². The number of hydrogen-bond acceptors (Lipinski definition) is 3. The third-order valence-corrected chi connectivity index (χ3v) is 4.62. The SMILES string of the molecule is O=C(CCC(=O)N1CCC(c2ccccc2)=N1)NCCc1cccc(Cl)c1. The predicted octanol–water partition coefficient (Wildman–Crippen LogP) is 3.42. The normalized spacial score (nSPS) is 13.4. The molecule has 6 heteroatoms. The third kappa shape index (κ3) is 5.66. The van der Waals surface area contributed by atoms with Gasteiger partial charge in [0.2, 0.25) is 11.8 Å². The van der Waals surface area contributed by atoms with Crippen molar-refractivity contribution >= 4 is 29.1 Å². The Balaban J connectivity index is 1.40. The van der Waals surface area contributed by atoms with Crippen molar-refractivity contribution in [2.45, 2.75) is 25.7 Å². The lowest BCUT2D eigenvalue weighted by Crippen LogP contribution is -2.29. The lowest BCUT2D eigenvalue weighted by molar-refractivity contribution is -0.133. The number of benzene rings is 2. The molecule has 0 aromatic heterocycles. The fourth-order valence-electron chi connectivity index (χ4n) is 2.95. The van der Waals surface area contributed by atoms with Gasteiger partial charge in [0.15, 0.2) is 0 Å². The molecule has 0 unspecified atom stereocenters. The standard InChI is InChI=1S/C21H22ClN3O2/c22-18-8-4-5-16(15-18)11-13-23-20(26)9-10-21(27)25-14-12-19(24-25)17-6-2-1-3-7-17/h1-8,15H,9-14H2,(H,23,26). The van der Waals surface area contributed by atoms with Gasteiger partial charge in [0.25, 0.3) is 0 Å². The van der Waals surface area contributed by atoms with Crippen LogP contribution in [0, 0.1) is 0 Å². The van der Waals surface area contributed by atoms with Gasteiger partial charge in [-0.25, -0.2) is 5.01 Å². The number of halogens is 1. The van der Waals surface area contributed by atoms with E-state index in [0.29, 0.717) is 24.5 Å². The molecule has 0 radical (unpaired) electrons. The van der Waals surface area contributed by atoms with Gasteiger partial charge in [0.05, 0.1) is 12.3 Å². The van der Waals surface area contributed by atoms with E-state index in [1.54, 1.807) is 0 Å². The highest BCUT2D eigenvalue weighted by Gasteiger charge is 2.21. The molecule has 0 atom stereocenters. The van der Waals surface area contributed by atoms with Gasteiger partial charge in [0, 0.05) is 30.8 Å². The van der Waals surface area contributed by atoms with E-state index in [-0.39, 0.29) is 24.7 Å². The lowest BCUT2D eigenvalue weighted by Gasteiger charge is -2.11. The Kier molecular flexibility index (Phi) is 6.60. The third-order valence-electron chi connectivity index (χ3n) is 4.39. The summed E-state index contributed by atoms with van der Waals surface area (Å²) in [4.78, 5) is 24.2. The molecule has 5 nitrogen and oxygen atoms in total. The minimum Gasteiger partial charge on any atom is -0.356 e. The molecule has 0 aliphatic carbocycles. The first-order valence-electron chi connectivity index (χ1n) is 9.06. The van der Waals surface area contributed by atoms with Crippen molar-refractivity contribution in [3.63, 3.8) is 0 Å². The molecule has 2 amide bonds. The molecule has 3 rings (SSSR count). The number of nitrogens with zero attached hydrogens (tertiary/aromatic N) is 2. The van der Waals surface area contributed by atoms with Crippen molar-refractivity contribution in [2.24, 2.45) is 5.10 Å². The van der Waals surface area contributed by atoms with Crippen molar-refractivity contribution in [2.75, 3.05) is 13.1 Å². The Morgan fingerprint density at radius 1 is 1.07 bits per heavy atom. The van der Waals surface area contributed by atoms with Crippen molar-refractivity contribution in [1.82, 2.24) is 10.3 Å². The van der Waals surface area contributed by atoms with Gasteiger partial charge in [-0.1, -0.05) is 54.1 Å². The molecule has 140 valence electrons. The highest BCUT2D eigenvalue weighted by atomic mass is 35.5. The number of amides is 2. The molecule has 2 aromatic carbocycles. The summed E-state index contributed by atoms with van der Waals surface area (Å²) in [6, 6.07) is 17.4. The lowest BCUT2D eigenvalue weighted by atomic mass is 10.1. The van der Waals surface area contributed by atoms with Gasteiger partial charge in [-0.15, -0.1) is 0 Å². The van der Waals surface area contributed by atoms with Crippen LogP contribution in [0.25, 0.3) is 0 Å². The fraction of sp³-hybridized carbons (Fsp3) is 0.286. The fourth-order valence-corrected chi connectivity index (χ4v) is 3.16. The Morgan fingerprint density at radius 3 is 2.67 bits per heavy atom. The highest BCUT2D eigenvalue weighted by molar-refractivity contribution is 6.30. The first-order valence-corrected chi connectivity index (χ1v) is 9.44. The second kappa shape index (κ2) is 9.33. The predicted molar refractivity (Wildman–Crippen MR) is 107 cm³/mol. The van der Waals surface area contributed by atoms with Gasteiger partial charge >= 0.3 is 0 Å². The molecule has 1 aliphatic heterocycles. The number of hydrazone groups is 1. The maximum atomic E-state index is 12.3. The molecule has 2 aromatic rings. The van der Waals surface area contributed by atoms with E-state index in [1.165, 1.54) is 5.01 Å². The van der Waals surface area contributed by atoms with Crippen molar-refractivity contribution < 1.29 is 9.59 Å². The van der Waals surface area contributed by atoms with Crippen LogP contribution in [0.5, 0.6) is 0 Å². The minimum absolute atomic E-state index is 0.120. The van der Waals surface area contributed by atoms with Gasteiger partial charge in [-0.2, -0.15) is 5.10 Å². The summed E-state index contributed by atoms with van der Waals surface area (Å²) in [6.07, 6.45) is 1.77. The molecule has 1 aliphatic rings. The average molecular weight is 384 g/mol. The number of nitrogens with one attached hydrogen (secondary N) is 1. The Bertz CT molecular complexity index is 836. The minimum atomic E-state index is -0.128. The largest absolute Gasteiger partial charge is 0.356 e. The van der Waals surface area contributed by atoms with Crippen LogP contribution in [0.4, 0.5) is 0 Å². The molecular formula is C21H22ClN3O2. The van der Waals surface area contributed by atoms with E-state index in [2.05, 4.69) is 10.4 Å². The summed E-state index contributed by atoms with van der Waals surface area (Å²) in [5, 5.41) is 9.40. The van der Waals surface area contributed by atoms with E-state index < -0.39 is 0 Å². The van der Waals surface area contributed by atoms with Crippen LogP contribution in [0.3, 0.4) is 0 Å². The topological polar surface area (TPSA) is 61.8 Å². The van der Waals surface area contributed by atoms with E-state index in [9.17, 15) is 9.59 Å². The van der Waals surface area contributed by atoms with Crippen LogP contribution >= 0.6 is 11.6 Å². The summed E-state index contributed by atoms with van der Waals surface area (Å²) in [5.74, 6) is -0.247. The van der Waals surface area contributed by atoms with Gasteiger partial charge in [0.1, 0.15) is 0 Å². The molecule has 0 spiro atoms. The van der Waals surface area contributed by atoms with E-state index in [4.69, 9.17) is 11.6 Å². The molecule has 0 bridgehead atoms. The summed E-state index contributed by atoms with van der Waals surface area (Å²) in [7, 11) is 0. The number of hydrogen-bond donors (Lipinski definition) is 1. The molecule has 1 N–H and O–H groups in total. The average Bonchev–Trinajstić information content (AvgIpc) is 3.17. The van der Waals surface area contributed by atoms with Crippen LogP contribution in [-0.4, -0.2) is 35.6 Å². The number of rotatable bonds is 7. The van der Waals surface area contributed by atoms with Gasteiger partial charge in [-0.05, 0) is 29.7 Å². The molecule has 0 saturated carbocycles. The van der Waals surface area contributed by atoms with Crippen molar-refractivity contribution in [3.8, 4) is 0 Å². The first-order chi connectivity index (χ1) is 13.1. The number of carbonyl (C=O) groups excluding carboxylic acids is 2. The molecular weight excluding hydrogens is 362 g/mol. The van der Waals surface area contributed by atoms with Crippen LogP contribution in [-0.2, 0) is 16.0 Å². The Labute approximate surface area is 164 Å². The van der Waals surface area contributed by atoms with Gasteiger partial charge in [-0.3, -0.25) is 9.59 Å². The van der Waals surface area contributed by atoms with Crippen molar-refractivity contribution in [1.29, 1.82) is 0 Å². The molecule has 0 fully saturated rings. The van der Waals surface area contributed by atoms with Crippen LogP contribution in [0.1, 0.15) is 30.4 Å². The van der Waals surface area contributed by atoms with E-state index >= 15 is 0 Å². The van der Waals surface area contributed by atoms with Gasteiger partial charge < -0.3 is 5.32 Å². The second-order valence-corrected chi connectivity index (χ2v) is 6.85. The van der Waals surface area contributed by atoms with Crippen LogP contribution in [0.15, 0.2) is 59.7 Å². The maximum absolute atomic E-state index is 12.3. The molecule has 27 heavy (non-hydrogen) atoms. The summed E-state index contributed by atoms with van der Waals surface area (Å²) >= 11 is 5.94. The first kappa shape index (κ1) is 19.1. The number of carbonyl (C=O) groups is 2. The molecule has 1 heterocycles. The summed E-state index contributed by atoms with van der Waals surface area (Å²) in [6.45, 7) is 1.09. The summed E-state index contributed by atoms with van der Waals surface area (Å²) in [5.41, 5.74) is 3.01. The zero-order valence-electron chi connectivity index (χ0n) is 15.0. The smallest absolute Gasteiger partial charge is 0.243 e. The van der Waals surface area contributed by atoms with E-state index in [0.717, 1.165) is 23.3 Å². The van der Waals surface area contributed by atoms with Crippen LogP contribution < -0.4 is 5.32 Å². The highest BCUT2D eigenvalue weighted by Crippen LogP contribution is 2.15. The zero-order chi connectivity index (χ0) is 19.1.